The Bertz CT molecular complexity index is 611. The van der Waals surface area contributed by atoms with Crippen molar-refractivity contribution >= 4 is 38.1 Å². The van der Waals surface area contributed by atoms with Crippen molar-refractivity contribution in [2.75, 3.05) is 11.4 Å². The molecular formula is C10H9ClN2O2S2. The summed E-state index contributed by atoms with van der Waals surface area (Å²) in [5.41, 5.74) is 0. The molecule has 0 aliphatic carbocycles. The first kappa shape index (κ1) is 12.3. The summed E-state index contributed by atoms with van der Waals surface area (Å²) >= 11 is 7.14. The van der Waals surface area contributed by atoms with E-state index in [1.165, 1.54) is 24.5 Å². The molecule has 0 unspecified atom stereocenters. The monoisotopic (exact) mass is 288 g/mol. The third-order valence-corrected chi connectivity index (χ3v) is 5.37. The van der Waals surface area contributed by atoms with E-state index in [2.05, 4.69) is 4.98 Å². The smallest absolute Gasteiger partial charge is 0.244 e. The number of hydrogen-bond acceptors (Lipinski definition) is 4. The molecule has 0 aliphatic heterocycles. The lowest BCUT2D eigenvalue weighted by molar-refractivity contribution is 0.594. The van der Waals surface area contributed by atoms with Crippen LogP contribution in [0.15, 0.2) is 40.7 Å². The minimum atomic E-state index is -3.64. The molecule has 1 heterocycles. The Morgan fingerprint density at radius 1 is 1.35 bits per heavy atom. The molecule has 0 fully saturated rings. The fourth-order valence-corrected chi connectivity index (χ4v) is 3.75. The molecule has 0 bridgehead atoms. The van der Waals surface area contributed by atoms with E-state index in [0.29, 0.717) is 5.13 Å². The molecule has 0 N–H and O–H groups in total. The van der Waals surface area contributed by atoms with Crippen molar-refractivity contribution in [3.8, 4) is 0 Å². The number of hydrogen-bond donors (Lipinski definition) is 0. The summed E-state index contributed by atoms with van der Waals surface area (Å²) in [5.74, 6) is 0. The van der Waals surface area contributed by atoms with E-state index >= 15 is 0 Å². The predicted octanol–water partition coefficient (Wildman–Crippen LogP) is 2.62. The maximum Gasteiger partial charge on any atom is 0.267 e. The topological polar surface area (TPSA) is 50.3 Å². The lowest BCUT2D eigenvalue weighted by Gasteiger charge is -2.16. The largest absolute Gasteiger partial charge is 0.267 e. The highest BCUT2D eigenvalue weighted by Crippen LogP contribution is 2.27. The lowest BCUT2D eigenvalue weighted by atomic mass is 10.4. The van der Waals surface area contributed by atoms with Crippen molar-refractivity contribution in [3.63, 3.8) is 0 Å². The Morgan fingerprint density at radius 2 is 2.06 bits per heavy atom. The predicted molar refractivity (Wildman–Crippen MR) is 69.2 cm³/mol. The molecule has 0 aliphatic rings. The van der Waals surface area contributed by atoms with Gasteiger partial charge in [0.15, 0.2) is 5.13 Å². The van der Waals surface area contributed by atoms with E-state index in [9.17, 15) is 8.42 Å². The first-order chi connectivity index (χ1) is 8.03. The Labute approximate surface area is 109 Å². The number of nitrogens with zero attached hydrogens (tertiary/aromatic N) is 2. The zero-order valence-corrected chi connectivity index (χ0v) is 11.3. The van der Waals surface area contributed by atoms with Gasteiger partial charge in [-0.2, -0.15) is 0 Å². The van der Waals surface area contributed by atoms with E-state index in [1.54, 1.807) is 29.8 Å². The SMILES string of the molecule is CN(c1nccs1)S(=O)(=O)c1ccccc1Cl. The maximum atomic E-state index is 12.3. The van der Waals surface area contributed by atoms with Gasteiger partial charge in [0.05, 0.1) is 5.02 Å². The molecule has 2 aromatic rings. The van der Waals surface area contributed by atoms with Crippen molar-refractivity contribution in [1.82, 2.24) is 4.98 Å². The van der Waals surface area contributed by atoms with E-state index in [4.69, 9.17) is 11.6 Å². The first-order valence-corrected chi connectivity index (χ1v) is 7.36. The molecule has 2 rings (SSSR count). The highest BCUT2D eigenvalue weighted by atomic mass is 35.5. The van der Waals surface area contributed by atoms with Crippen LogP contribution in [0.3, 0.4) is 0 Å². The molecule has 0 spiro atoms. The first-order valence-electron chi connectivity index (χ1n) is 4.66. The normalized spacial score (nSPS) is 11.4. The zero-order chi connectivity index (χ0) is 12.5. The average molecular weight is 289 g/mol. The third kappa shape index (κ3) is 2.29. The molecule has 0 saturated carbocycles. The fourth-order valence-electron chi connectivity index (χ4n) is 1.28. The summed E-state index contributed by atoms with van der Waals surface area (Å²) in [4.78, 5) is 4.04. The van der Waals surface area contributed by atoms with Crippen LogP contribution in [0, 0.1) is 0 Å². The molecular weight excluding hydrogens is 280 g/mol. The second kappa shape index (κ2) is 4.64. The number of rotatable bonds is 3. The Kier molecular flexibility index (Phi) is 3.37. The van der Waals surface area contributed by atoms with Gasteiger partial charge in [-0.05, 0) is 12.1 Å². The summed E-state index contributed by atoms with van der Waals surface area (Å²) in [5, 5.41) is 2.33. The quantitative estimate of drug-likeness (QED) is 0.872. The van der Waals surface area contributed by atoms with E-state index < -0.39 is 10.0 Å². The van der Waals surface area contributed by atoms with Crippen molar-refractivity contribution in [3.05, 3.63) is 40.9 Å². The molecule has 0 atom stereocenters. The van der Waals surface area contributed by atoms with Gasteiger partial charge in [-0.1, -0.05) is 23.7 Å². The average Bonchev–Trinajstić information content (AvgIpc) is 2.81. The van der Waals surface area contributed by atoms with Crippen molar-refractivity contribution in [2.24, 2.45) is 0 Å². The van der Waals surface area contributed by atoms with Crippen LogP contribution in [0.25, 0.3) is 0 Å². The number of thiazole rings is 1. The van der Waals surface area contributed by atoms with Crippen LogP contribution >= 0.6 is 22.9 Å². The van der Waals surface area contributed by atoms with Crippen LogP contribution in [0.1, 0.15) is 0 Å². The Hall–Kier alpha value is -1.11. The fraction of sp³-hybridized carbons (Fsp3) is 0.100. The van der Waals surface area contributed by atoms with Gasteiger partial charge in [0, 0.05) is 18.6 Å². The maximum absolute atomic E-state index is 12.3. The summed E-state index contributed by atoms with van der Waals surface area (Å²) in [6, 6.07) is 6.34. The second-order valence-corrected chi connectivity index (χ2v) is 6.44. The molecule has 17 heavy (non-hydrogen) atoms. The summed E-state index contributed by atoms with van der Waals surface area (Å²) in [7, 11) is -2.19. The van der Waals surface area contributed by atoms with Gasteiger partial charge < -0.3 is 0 Å². The number of sulfonamides is 1. The van der Waals surface area contributed by atoms with Gasteiger partial charge in [0.1, 0.15) is 4.90 Å². The van der Waals surface area contributed by atoms with Crippen molar-refractivity contribution < 1.29 is 8.42 Å². The highest BCUT2D eigenvalue weighted by Gasteiger charge is 2.24. The van der Waals surface area contributed by atoms with Crippen LogP contribution in [-0.4, -0.2) is 20.4 Å². The van der Waals surface area contributed by atoms with Gasteiger partial charge >= 0.3 is 0 Å². The van der Waals surface area contributed by atoms with Crippen LogP contribution in [0.2, 0.25) is 5.02 Å². The van der Waals surface area contributed by atoms with Crippen LogP contribution in [-0.2, 0) is 10.0 Å². The van der Waals surface area contributed by atoms with Crippen LogP contribution in [0.4, 0.5) is 5.13 Å². The van der Waals surface area contributed by atoms with Gasteiger partial charge in [-0.3, -0.25) is 0 Å². The molecule has 0 amide bonds. The molecule has 0 saturated heterocycles. The second-order valence-electron chi connectivity index (χ2n) is 3.22. The Balaban J connectivity index is 2.48. The molecule has 7 heteroatoms. The summed E-state index contributed by atoms with van der Waals surface area (Å²) in [6.45, 7) is 0. The van der Waals surface area contributed by atoms with E-state index in [1.807, 2.05) is 0 Å². The standard InChI is InChI=1S/C10H9ClN2O2S2/c1-13(10-12-6-7-16-10)17(14,15)9-5-3-2-4-8(9)11/h2-7H,1H3. The van der Waals surface area contributed by atoms with Crippen molar-refractivity contribution in [2.45, 2.75) is 4.90 Å². The van der Waals surface area contributed by atoms with E-state index in [0.717, 1.165) is 4.31 Å². The minimum Gasteiger partial charge on any atom is -0.244 e. The van der Waals surface area contributed by atoms with E-state index in [-0.39, 0.29) is 9.92 Å². The third-order valence-electron chi connectivity index (χ3n) is 2.16. The number of benzene rings is 1. The molecule has 90 valence electrons. The Morgan fingerprint density at radius 3 is 2.65 bits per heavy atom. The molecule has 1 aromatic heterocycles. The van der Waals surface area contributed by atoms with Crippen molar-refractivity contribution in [1.29, 1.82) is 0 Å². The molecule has 0 radical (unpaired) electrons. The lowest BCUT2D eigenvalue weighted by Crippen LogP contribution is -2.26. The van der Waals surface area contributed by atoms with Gasteiger partial charge in [0.25, 0.3) is 10.0 Å². The van der Waals surface area contributed by atoms with Gasteiger partial charge in [0.2, 0.25) is 0 Å². The summed E-state index contributed by atoms with van der Waals surface area (Å²) < 4.78 is 25.6. The molecule has 4 nitrogen and oxygen atoms in total. The number of halogens is 1. The highest BCUT2D eigenvalue weighted by molar-refractivity contribution is 7.93. The summed E-state index contributed by atoms with van der Waals surface area (Å²) in [6.07, 6.45) is 1.55. The zero-order valence-electron chi connectivity index (χ0n) is 8.87. The van der Waals surface area contributed by atoms with Crippen LogP contribution in [0.5, 0.6) is 0 Å². The number of anilines is 1. The minimum absolute atomic E-state index is 0.0827. The molecule has 1 aromatic carbocycles. The van der Waals surface area contributed by atoms with Crippen LogP contribution < -0.4 is 4.31 Å². The van der Waals surface area contributed by atoms with Gasteiger partial charge in [-0.15, -0.1) is 11.3 Å². The number of aromatic nitrogens is 1. The van der Waals surface area contributed by atoms with Gasteiger partial charge in [-0.25, -0.2) is 17.7 Å².